The number of aliphatic hydroxyl groups excluding tert-OH is 1. The molecule has 37 heavy (non-hydrogen) atoms. The van der Waals surface area contributed by atoms with Crippen LogP contribution in [0.5, 0.6) is 5.75 Å². The molecule has 0 unspecified atom stereocenters. The van der Waals surface area contributed by atoms with Crippen LogP contribution in [0.1, 0.15) is 34.0 Å². The molecule has 1 heterocycles. The highest BCUT2D eigenvalue weighted by Crippen LogP contribution is 2.32. The number of aryl methyl sites for hydroxylation is 1. The second kappa shape index (κ2) is 12.4. The number of rotatable bonds is 7. The Labute approximate surface area is 211 Å². The third-order valence-electron chi connectivity index (χ3n) is 5.69. The van der Waals surface area contributed by atoms with Crippen LogP contribution in [-0.4, -0.2) is 52.6 Å². The second-order valence-corrected chi connectivity index (χ2v) is 8.37. The fraction of sp³-hybridized carbons (Fsp3) is 0.259. The Balaban J connectivity index is 0.000000479. The van der Waals surface area contributed by atoms with Gasteiger partial charge >= 0.3 is 18.1 Å². The molecule has 0 fully saturated rings. The minimum atomic E-state index is -5.08. The molecular formula is C27H26F3NO6. The minimum absolute atomic E-state index is 0.0705. The van der Waals surface area contributed by atoms with Gasteiger partial charge in [0.15, 0.2) is 0 Å². The Bertz CT molecular complexity index is 1200. The number of carboxylic acids is 2. The number of aromatic carboxylic acids is 1. The first-order valence-electron chi connectivity index (χ1n) is 11.4. The number of hydrogen-bond donors (Lipinski definition) is 4. The van der Waals surface area contributed by atoms with Crippen LogP contribution in [0, 0.1) is 0 Å². The summed E-state index contributed by atoms with van der Waals surface area (Å²) in [4.78, 5) is 19.9. The SMILES string of the molecule is O=C(O)C(F)(F)F.O=C(O)c1ccc(-c2ccc3c(c2)CC[C@H](CNC[C@H](O)c2ccccc2)O3)cc1. The van der Waals surface area contributed by atoms with E-state index in [2.05, 4.69) is 11.4 Å². The number of nitrogens with one attached hydrogen (secondary N) is 1. The van der Waals surface area contributed by atoms with Gasteiger partial charge in [-0.2, -0.15) is 13.2 Å². The van der Waals surface area contributed by atoms with E-state index >= 15 is 0 Å². The van der Waals surface area contributed by atoms with Crippen LogP contribution in [0.4, 0.5) is 13.2 Å². The van der Waals surface area contributed by atoms with Crippen molar-refractivity contribution in [3.8, 4) is 16.9 Å². The number of benzene rings is 3. The monoisotopic (exact) mass is 517 g/mol. The highest BCUT2D eigenvalue weighted by molar-refractivity contribution is 5.88. The Hall–Kier alpha value is -3.89. The van der Waals surface area contributed by atoms with Gasteiger partial charge in [-0.3, -0.25) is 0 Å². The van der Waals surface area contributed by atoms with Crippen molar-refractivity contribution in [3.63, 3.8) is 0 Å². The third-order valence-corrected chi connectivity index (χ3v) is 5.69. The molecule has 0 radical (unpaired) electrons. The van der Waals surface area contributed by atoms with Gasteiger partial charge in [0.1, 0.15) is 11.9 Å². The molecule has 0 aliphatic carbocycles. The lowest BCUT2D eigenvalue weighted by Crippen LogP contribution is -2.36. The predicted molar refractivity (Wildman–Crippen MR) is 130 cm³/mol. The molecule has 7 nitrogen and oxygen atoms in total. The lowest BCUT2D eigenvalue weighted by Gasteiger charge is -2.27. The maximum absolute atomic E-state index is 11.0. The molecule has 0 saturated heterocycles. The van der Waals surface area contributed by atoms with Crippen molar-refractivity contribution in [2.75, 3.05) is 13.1 Å². The summed E-state index contributed by atoms with van der Waals surface area (Å²) >= 11 is 0. The first-order valence-corrected chi connectivity index (χ1v) is 11.4. The number of fused-ring (bicyclic) bond motifs is 1. The maximum atomic E-state index is 11.0. The number of alkyl halides is 3. The number of aliphatic carboxylic acids is 1. The van der Waals surface area contributed by atoms with Gasteiger partial charge in [0.05, 0.1) is 11.7 Å². The van der Waals surface area contributed by atoms with E-state index in [4.69, 9.17) is 19.7 Å². The van der Waals surface area contributed by atoms with Crippen molar-refractivity contribution in [2.24, 2.45) is 0 Å². The molecule has 3 aromatic carbocycles. The standard InChI is InChI=1S/C25H25NO4.C2HF3O2/c27-23(18-4-2-1-3-5-18)16-26-15-22-12-10-21-14-20(11-13-24(21)30-22)17-6-8-19(9-7-17)25(28)29;3-2(4,5)1(6)7/h1-9,11,13-14,22-23,26-27H,10,12,15-16H2,(H,28,29);(H,6,7)/t22-,23+;/m1./s1. The van der Waals surface area contributed by atoms with Crippen LogP contribution in [0.25, 0.3) is 11.1 Å². The van der Waals surface area contributed by atoms with Crippen LogP contribution in [0.2, 0.25) is 0 Å². The van der Waals surface area contributed by atoms with E-state index in [0.717, 1.165) is 40.8 Å². The molecule has 0 spiro atoms. The van der Waals surface area contributed by atoms with E-state index < -0.39 is 24.2 Å². The minimum Gasteiger partial charge on any atom is -0.489 e. The molecule has 0 bridgehead atoms. The number of aliphatic hydroxyl groups is 1. The summed E-state index contributed by atoms with van der Waals surface area (Å²) in [5.41, 5.74) is 4.39. The van der Waals surface area contributed by atoms with Crippen molar-refractivity contribution in [3.05, 3.63) is 89.5 Å². The summed E-state index contributed by atoms with van der Waals surface area (Å²) in [6.07, 6.45) is -3.72. The summed E-state index contributed by atoms with van der Waals surface area (Å²) in [5.74, 6) is -2.79. The Morgan fingerprint density at radius 3 is 2.19 bits per heavy atom. The molecular weight excluding hydrogens is 491 g/mol. The van der Waals surface area contributed by atoms with Gasteiger partial charge in [-0.05, 0) is 59.4 Å². The van der Waals surface area contributed by atoms with Crippen molar-refractivity contribution >= 4 is 11.9 Å². The number of hydrogen-bond acceptors (Lipinski definition) is 5. The van der Waals surface area contributed by atoms with E-state index in [9.17, 15) is 23.1 Å². The van der Waals surface area contributed by atoms with Crippen molar-refractivity contribution in [1.29, 1.82) is 0 Å². The average molecular weight is 518 g/mol. The molecule has 4 N–H and O–H groups in total. The van der Waals surface area contributed by atoms with Crippen LogP contribution in [0.3, 0.4) is 0 Å². The van der Waals surface area contributed by atoms with E-state index in [1.165, 1.54) is 0 Å². The van der Waals surface area contributed by atoms with E-state index in [1.54, 1.807) is 12.1 Å². The zero-order chi connectivity index (χ0) is 27.0. The lowest BCUT2D eigenvalue weighted by atomic mass is 9.96. The maximum Gasteiger partial charge on any atom is 0.490 e. The second-order valence-electron chi connectivity index (χ2n) is 8.37. The predicted octanol–water partition coefficient (Wildman–Crippen LogP) is 4.70. The fourth-order valence-corrected chi connectivity index (χ4v) is 3.75. The quantitative estimate of drug-likeness (QED) is 0.359. The Morgan fingerprint density at radius 2 is 1.59 bits per heavy atom. The summed E-state index contributed by atoms with van der Waals surface area (Å²) < 4.78 is 37.9. The van der Waals surface area contributed by atoms with Gasteiger partial charge in [-0.1, -0.05) is 48.5 Å². The summed E-state index contributed by atoms with van der Waals surface area (Å²) in [6, 6.07) is 22.7. The highest BCUT2D eigenvalue weighted by atomic mass is 19.4. The zero-order valence-electron chi connectivity index (χ0n) is 19.6. The topological polar surface area (TPSA) is 116 Å². The van der Waals surface area contributed by atoms with Gasteiger partial charge in [-0.25, -0.2) is 9.59 Å². The van der Waals surface area contributed by atoms with Crippen LogP contribution >= 0.6 is 0 Å². The van der Waals surface area contributed by atoms with Crippen molar-refractivity contribution in [1.82, 2.24) is 5.32 Å². The molecule has 0 aromatic heterocycles. The van der Waals surface area contributed by atoms with Gasteiger partial charge in [0.2, 0.25) is 0 Å². The smallest absolute Gasteiger partial charge is 0.489 e. The van der Waals surface area contributed by atoms with Gasteiger partial charge in [0.25, 0.3) is 0 Å². The number of carboxylic acid groups (broad SMARTS) is 2. The molecule has 4 rings (SSSR count). The Kier molecular flexibility index (Phi) is 9.26. The van der Waals surface area contributed by atoms with Crippen LogP contribution < -0.4 is 10.1 Å². The third kappa shape index (κ3) is 8.06. The normalized spacial score (nSPS) is 15.4. The average Bonchev–Trinajstić information content (AvgIpc) is 2.88. The number of halogens is 3. The molecule has 196 valence electrons. The van der Waals surface area contributed by atoms with Crippen molar-refractivity contribution < 1.29 is 42.8 Å². The largest absolute Gasteiger partial charge is 0.490 e. The van der Waals surface area contributed by atoms with E-state index in [-0.39, 0.29) is 11.7 Å². The molecule has 0 amide bonds. The fourth-order valence-electron chi connectivity index (χ4n) is 3.75. The molecule has 3 aromatic rings. The van der Waals surface area contributed by atoms with Gasteiger partial charge in [0, 0.05) is 13.1 Å². The van der Waals surface area contributed by atoms with Crippen molar-refractivity contribution in [2.45, 2.75) is 31.2 Å². The molecule has 10 heteroatoms. The molecule has 1 aliphatic heterocycles. The first kappa shape index (κ1) is 27.7. The van der Waals surface area contributed by atoms with Crippen LogP contribution in [0.15, 0.2) is 72.8 Å². The summed E-state index contributed by atoms with van der Waals surface area (Å²) in [5, 5.41) is 29.7. The number of carbonyl (C=O) groups is 2. The molecule has 0 saturated carbocycles. The van der Waals surface area contributed by atoms with Gasteiger partial charge in [-0.15, -0.1) is 0 Å². The number of ether oxygens (including phenoxy) is 1. The lowest BCUT2D eigenvalue weighted by molar-refractivity contribution is -0.192. The molecule has 1 aliphatic rings. The van der Waals surface area contributed by atoms with E-state index in [0.29, 0.717) is 13.1 Å². The Morgan fingerprint density at radius 1 is 0.973 bits per heavy atom. The first-order chi connectivity index (χ1) is 17.5. The van der Waals surface area contributed by atoms with Crippen LogP contribution in [-0.2, 0) is 11.2 Å². The summed E-state index contributed by atoms with van der Waals surface area (Å²) in [6.45, 7) is 1.17. The zero-order valence-corrected chi connectivity index (χ0v) is 19.6. The molecule has 2 atom stereocenters. The summed E-state index contributed by atoms with van der Waals surface area (Å²) in [7, 11) is 0. The van der Waals surface area contributed by atoms with Gasteiger partial charge < -0.3 is 25.4 Å². The van der Waals surface area contributed by atoms with E-state index in [1.807, 2.05) is 54.6 Å². The highest BCUT2D eigenvalue weighted by Gasteiger charge is 2.38.